The molecule has 4 heterocycles. The van der Waals surface area contributed by atoms with Crippen LogP contribution in [-0.4, -0.2) is 84.3 Å². The Labute approximate surface area is 252 Å². The van der Waals surface area contributed by atoms with E-state index in [0.29, 0.717) is 49.6 Å². The predicted octanol–water partition coefficient (Wildman–Crippen LogP) is 4.39. The van der Waals surface area contributed by atoms with Gasteiger partial charge in [-0.3, -0.25) is 14.5 Å². The third-order valence-electron chi connectivity index (χ3n) is 8.51. The van der Waals surface area contributed by atoms with Crippen molar-refractivity contribution >= 4 is 23.2 Å². The summed E-state index contributed by atoms with van der Waals surface area (Å²) in [7, 11) is 3.87. The number of rotatable bonds is 6. The normalized spacial score (nSPS) is 20.0. The molecular weight excluding hydrogens is 582 g/mol. The predicted molar refractivity (Wildman–Crippen MR) is 159 cm³/mol. The molecule has 2 aliphatic heterocycles. The van der Waals surface area contributed by atoms with Crippen LogP contribution in [-0.2, 0) is 10.9 Å². The molecule has 14 heteroatoms. The summed E-state index contributed by atoms with van der Waals surface area (Å²) < 4.78 is 62.5. The quantitative estimate of drug-likeness (QED) is 0.393. The summed E-state index contributed by atoms with van der Waals surface area (Å²) in [5.41, 5.74) is -2.31. The zero-order valence-corrected chi connectivity index (χ0v) is 24.9. The SMILES string of the molecule is C[C@@H]1CN(c2cc(F)c(-c3cnc(N(C)C4CCOCC4)nc3)cc2NC(=O)c2c[nH]c(=O)cc2C(F)(F)F)C[C@H](C)N1C. The average Bonchev–Trinajstić information content (AvgIpc) is 3.00. The van der Waals surface area contributed by atoms with Crippen molar-refractivity contribution in [1.29, 1.82) is 0 Å². The number of nitrogens with zero attached hydrogens (tertiary/aromatic N) is 5. The number of nitrogens with one attached hydrogen (secondary N) is 2. The second-order valence-electron chi connectivity index (χ2n) is 11.4. The molecule has 2 aromatic heterocycles. The summed E-state index contributed by atoms with van der Waals surface area (Å²) >= 11 is 0. The molecule has 44 heavy (non-hydrogen) atoms. The van der Waals surface area contributed by atoms with E-state index < -0.39 is 34.6 Å². The molecule has 0 saturated carbocycles. The van der Waals surface area contributed by atoms with Crippen LogP contribution in [0, 0.1) is 5.82 Å². The number of alkyl halides is 3. The van der Waals surface area contributed by atoms with Gasteiger partial charge in [0, 0.05) is 87.3 Å². The maximum absolute atomic E-state index is 15.8. The van der Waals surface area contributed by atoms with Crippen LogP contribution in [0.15, 0.2) is 41.6 Å². The fourth-order valence-corrected chi connectivity index (χ4v) is 5.71. The number of ether oxygens (including phenoxy) is 1. The molecule has 3 aromatic rings. The number of amides is 1. The Bertz CT molecular complexity index is 1550. The van der Waals surface area contributed by atoms with Gasteiger partial charge in [0.15, 0.2) is 0 Å². The first kappa shape index (κ1) is 31.4. The van der Waals surface area contributed by atoms with E-state index in [9.17, 15) is 22.8 Å². The summed E-state index contributed by atoms with van der Waals surface area (Å²) in [4.78, 5) is 42.0. The smallest absolute Gasteiger partial charge is 0.381 e. The first-order chi connectivity index (χ1) is 20.8. The Hall–Kier alpha value is -4.04. The average molecular weight is 618 g/mol. The zero-order chi connectivity index (χ0) is 31.8. The lowest BCUT2D eigenvalue weighted by atomic mass is 10.0. The number of piperazine rings is 1. The highest BCUT2D eigenvalue weighted by Crippen LogP contribution is 2.37. The molecule has 1 amide bonds. The molecule has 2 saturated heterocycles. The number of carbonyl (C=O) groups excluding carboxylic acids is 1. The van der Waals surface area contributed by atoms with Crippen LogP contribution in [0.1, 0.15) is 42.6 Å². The van der Waals surface area contributed by atoms with Gasteiger partial charge in [-0.05, 0) is 45.9 Å². The standard InChI is InChI=1S/C30H35F4N7O3/c1-17-15-41(16-18(2)39(17)3)26-11-24(31)21(19-12-36-29(37-13-19)40(4)20-5-7-44-8-6-20)9-25(26)38-28(43)22-14-35-27(42)10-23(22)30(32,33)34/h9-14,17-18,20H,5-8,15-16H2,1-4H3,(H,35,42)(H,38,43)/t17-,18+. The molecule has 2 atom stereocenters. The van der Waals surface area contributed by atoms with Gasteiger partial charge in [0.1, 0.15) is 5.82 Å². The van der Waals surface area contributed by atoms with Gasteiger partial charge in [-0.2, -0.15) is 13.2 Å². The number of anilines is 3. The molecule has 2 N–H and O–H groups in total. The van der Waals surface area contributed by atoms with Crippen molar-refractivity contribution in [2.45, 2.75) is 51.0 Å². The van der Waals surface area contributed by atoms with E-state index in [1.165, 1.54) is 24.5 Å². The summed E-state index contributed by atoms with van der Waals surface area (Å²) in [6.45, 7) is 6.30. The number of likely N-dealkylation sites (N-methyl/N-ethyl adjacent to an activating group) is 1. The van der Waals surface area contributed by atoms with Crippen LogP contribution < -0.4 is 20.7 Å². The maximum Gasteiger partial charge on any atom is 0.417 e. The Morgan fingerprint density at radius 1 is 1.09 bits per heavy atom. The third kappa shape index (κ3) is 6.55. The molecule has 2 fully saturated rings. The van der Waals surface area contributed by atoms with Gasteiger partial charge in [-0.25, -0.2) is 14.4 Å². The highest BCUT2D eigenvalue weighted by Gasteiger charge is 2.36. The van der Waals surface area contributed by atoms with Crippen LogP contribution in [0.2, 0.25) is 0 Å². The monoisotopic (exact) mass is 617 g/mol. The molecule has 0 aliphatic carbocycles. The molecule has 0 unspecified atom stereocenters. The number of hydrogen-bond donors (Lipinski definition) is 2. The number of aromatic nitrogens is 3. The van der Waals surface area contributed by atoms with Gasteiger partial charge in [-0.1, -0.05) is 0 Å². The molecule has 0 radical (unpaired) electrons. The number of aromatic amines is 1. The number of H-pyrrole nitrogens is 1. The lowest BCUT2D eigenvalue weighted by molar-refractivity contribution is -0.138. The van der Waals surface area contributed by atoms with Gasteiger partial charge in [0.05, 0.1) is 22.5 Å². The summed E-state index contributed by atoms with van der Waals surface area (Å²) in [6.07, 6.45) is 0.394. The van der Waals surface area contributed by atoms with Crippen molar-refractivity contribution in [3.05, 3.63) is 64.1 Å². The summed E-state index contributed by atoms with van der Waals surface area (Å²) in [5, 5.41) is 2.56. The number of benzene rings is 1. The van der Waals surface area contributed by atoms with Crippen molar-refractivity contribution in [3.63, 3.8) is 0 Å². The van der Waals surface area contributed by atoms with E-state index in [4.69, 9.17) is 4.74 Å². The second kappa shape index (κ2) is 12.5. The first-order valence-electron chi connectivity index (χ1n) is 14.4. The Balaban J connectivity index is 1.53. The van der Waals surface area contributed by atoms with Gasteiger partial charge in [-0.15, -0.1) is 0 Å². The van der Waals surface area contributed by atoms with Crippen LogP contribution in [0.5, 0.6) is 0 Å². The van der Waals surface area contributed by atoms with E-state index >= 15 is 4.39 Å². The molecule has 236 valence electrons. The molecule has 2 aliphatic rings. The second-order valence-corrected chi connectivity index (χ2v) is 11.4. The van der Waals surface area contributed by atoms with Crippen molar-refractivity contribution in [1.82, 2.24) is 19.9 Å². The highest BCUT2D eigenvalue weighted by molar-refractivity contribution is 6.07. The minimum atomic E-state index is -4.95. The van der Waals surface area contributed by atoms with E-state index in [0.717, 1.165) is 19.0 Å². The number of hydrogen-bond acceptors (Lipinski definition) is 8. The van der Waals surface area contributed by atoms with E-state index in [2.05, 4.69) is 25.2 Å². The van der Waals surface area contributed by atoms with Gasteiger partial charge < -0.3 is 24.8 Å². The van der Waals surface area contributed by atoms with Crippen LogP contribution >= 0.6 is 0 Å². The van der Waals surface area contributed by atoms with Crippen molar-refractivity contribution in [3.8, 4) is 11.1 Å². The number of carbonyl (C=O) groups is 1. The largest absolute Gasteiger partial charge is 0.417 e. The third-order valence-corrected chi connectivity index (χ3v) is 8.51. The molecule has 0 spiro atoms. The first-order valence-corrected chi connectivity index (χ1v) is 14.4. The Kier molecular flexibility index (Phi) is 8.93. The van der Waals surface area contributed by atoms with Gasteiger partial charge >= 0.3 is 6.18 Å². The van der Waals surface area contributed by atoms with E-state index in [-0.39, 0.29) is 29.4 Å². The zero-order valence-electron chi connectivity index (χ0n) is 24.9. The lowest BCUT2D eigenvalue weighted by Gasteiger charge is -2.44. The van der Waals surface area contributed by atoms with Crippen LogP contribution in [0.3, 0.4) is 0 Å². The van der Waals surface area contributed by atoms with Gasteiger partial charge in [0.2, 0.25) is 11.5 Å². The summed E-state index contributed by atoms with van der Waals surface area (Å²) in [5.74, 6) is -1.25. The fourth-order valence-electron chi connectivity index (χ4n) is 5.71. The topological polar surface area (TPSA) is 107 Å². The minimum absolute atomic E-state index is 0.0667. The molecule has 10 nitrogen and oxygen atoms in total. The Morgan fingerprint density at radius 2 is 1.73 bits per heavy atom. The van der Waals surface area contributed by atoms with Crippen molar-refractivity contribution < 1.29 is 27.1 Å². The highest BCUT2D eigenvalue weighted by atomic mass is 19.4. The molecule has 5 rings (SSSR count). The van der Waals surface area contributed by atoms with E-state index in [1.54, 1.807) is 0 Å². The van der Waals surface area contributed by atoms with Crippen LogP contribution in [0.25, 0.3) is 11.1 Å². The summed E-state index contributed by atoms with van der Waals surface area (Å²) in [6, 6.07) is 3.36. The number of halogens is 4. The molecular formula is C30H35F4N7O3. The number of pyridine rings is 1. The lowest BCUT2D eigenvalue weighted by Crippen LogP contribution is -2.55. The van der Waals surface area contributed by atoms with Crippen molar-refractivity contribution in [2.24, 2.45) is 0 Å². The van der Waals surface area contributed by atoms with Crippen LogP contribution in [0.4, 0.5) is 34.9 Å². The molecule has 1 aromatic carbocycles. The van der Waals surface area contributed by atoms with Gasteiger partial charge in [0.25, 0.3) is 5.91 Å². The van der Waals surface area contributed by atoms with Crippen molar-refractivity contribution in [2.75, 3.05) is 55.5 Å². The van der Waals surface area contributed by atoms with E-state index in [1.807, 2.05) is 37.7 Å². The molecule has 0 bridgehead atoms. The minimum Gasteiger partial charge on any atom is -0.381 e. The maximum atomic E-state index is 15.8. The fraction of sp³-hybridized carbons (Fsp3) is 0.467. The Morgan fingerprint density at radius 3 is 2.34 bits per heavy atom.